The van der Waals surface area contributed by atoms with Crippen molar-refractivity contribution in [3.05, 3.63) is 63.9 Å². The predicted octanol–water partition coefficient (Wildman–Crippen LogP) is 4.14. The van der Waals surface area contributed by atoms with Crippen LogP contribution in [0.15, 0.2) is 46.9 Å². The topological polar surface area (TPSA) is 32.3 Å². The van der Waals surface area contributed by atoms with Crippen LogP contribution >= 0.6 is 15.9 Å². The fourth-order valence-corrected chi connectivity index (χ4v) is 2.57. The number of hydrogen-bond donors (Lipinski definition) is 2. The lowest BCUT2D eigenvalue weighted by molar-refractivity contribution is 0.466. The van der Waals surface area contributed by atoms with Crippen LogP contribution in [0.4, 0.5) is 4.39 Å². The van der Waals surface area contributed by atoms with Gasteiger partial charge in [-0.05, 0) is 36.2 Å². The van der Waals surface area contributed by atoms with Crippen molar-refractivity contribution in [2.45, 2.75) is 19.5 Å². The zero-order valence-electron chi connectivity index (χ0n) is 10.5. The molecule has 100 valence electrons. The molecule has 2 aromatic carbocycles. The Morgan fingerprint density at radius 3 is 2.68 bits per heavy atom. The first-order valence-corrected chi connectivity index (χ1v) is 6.82. The highest BCUT2D eigenvalue weighted by Crippen LogP contribution is 2.23. The fourth-order valence-electron chi connectivity index (χ4n) is 1.94. The molecule has 0 aliphatic rings. The molecule has 19 heavy (non-hydrogen) atoms. The van der Waals surface area contributed by atoms with Crippen LogP contribution in [0, 0.1) is 5.82 Å². The molecule has 2 aromatic rings. The second kappa shape index (κ2) is 6.17. The smallest absolute Gasteiger partial charge is 0.127 e. The number of phenols is 1. The summed E-state index contributed by atoms with van der Waals surface area (Å²) in [7, 11) is 0. The Labute approximate surface area is 120 Å². The summed E-state index contributed by atoms with van der Waals surface area (Å²) in [6.07, 6.45) is 0. The third kappa shape index (κ3) is 3.78. The molecule has 0 saturated heterocycles. The highest BCUT2D eigenvalue weighted by Gasteiger charge is 2.08. The first-order chi connectivity index (χ1) is 9.06. The average molecular weight is 324 g/mol. The highest BCUT2D eigenvalue weighted by molar-refractivity contribution is 9.10. The first kappa shape index (κ1) is 14.0. The largest absolute Gasteiger partial charge is 0.508 e. The number of hydrogen-bond acceptors (Lipinski definition) is 2. The molecule has 0 heterocycles. The summed E-state index contributed by atoms with van der Waals surface area (Å²) >= 11 is 3.51. The monoisotopic (exact) mass is 323 g/mol. The van der Waals surface area contributed by atoms with E-state index in [0.29, 0.717) is 6.54 Å². The lowest BCUT2D eigenvalue weighted by atomic mass is 10.1. The van der Waals surface area contributed by atoms with Crippen LogP contribution in [0.5, 0.6) is 5.75 Å². The van der Waals surface area contributed by atoms with E-state index in [0.717, 1.165) is 21.7 Å². The summed E-state index contributed by atoms with van der Waals surface area (Å²) in [5.74, 6) is -0.476. The zero-order valence-corrected chi connectivity index (χ0v) is 12.1. The van der Waals surface area contributed by atoms with Gasteiger partial charge in [0, 0.05) is 23.1 Å². The summed E-state index contributed by atoms with van der Waals surface area (Å²) in [6.45, 7) is 2.53. The van der Waals surface area contributed by atoms with Crippen molar-refractivity contribution in [1.82, 2.24) is 5.32 Å². The third-order valence-corrected chi connectivity index (χ3v) is 3.65. The summed E-state index contributed by atoms with van der Waals surface area (Å²) in [5, 5.41) is 12.6. The van der Waals surface area contributed by atoms with E-state index < -0.39 is 5.82 Å². The van der Waals surface area contributed by atoms with Gasteiger partial charge >= 0.3 is 0 Å². The summed E-state index contributed by atoms with van der Waals surface area (Å²) in [6, 6.07) is 12.2. The predicted molar refractivity (Wildman–Crippen MR) is 77.5 cm³/mol. The van der Waals surface area contributed by atoms with Crippen LogP contribution in [-0.4, -0.2) is 5.11 Å². The summed E-state index contributed by atoms with van der Waals surface area (Å²) < 4.78 is 14.2. The van der Waals surface area contributed by atoms with E-state index >= 15 is 0 Å². The minimum atomic E-state index is -0.426. The van der Waals surface area contributed by atoms with Gasteiger partial charge in [-0.15, -0.1) is 0 Å². The lowest BCUT2D eigenvalue weighted by Crippen LogP contribution is -2.18. The molecule has 0 fully saturated rings. The Balaban J connectivity index is 2.04. The van der Waals surface area contributed by atoms with Crippen LogP contribution in [0.3, 0.4) is 0 Å². The Hall–Kier alpha value is -1.39. The quantitative estimate of drug-likeness (QED) is 0.886. The van der Waals surface area contributed by atoms with E-state index in [1.165, 1.54) is 6.07 Å². The molecule has 0 aliphatic heterocycles. The molecule has 0 saturated carbocycles. The van der Waals surface area contributed by atoms with Crippen LogP contribution in [0.2, 0.25) is 0 Å². The molecule has 1 unspecified atom stereocenters. The van der Waals surface area contributed by atoms with E-state index in [-0.39, 0.29) is 11.8 Å². The fraction of sp³-hybridized carbons (Fsp3) is 0.200. The Morgan fingerprint density at radius 1 is 1.26 bits per heavy atom. The van der Waals surface area contributed by atoms with Gasteiger partial charge in [-0.3, -0.25) is 0 Å². The van der Waals surface area contributed by atoms with Gasteiger partial charge in [0.15, 0.2) is 0 Å². The van der Waals surface area contributed by atoms with Crippen molar-refractivity contribution in [2.75, 3.05) is 0 Å². The minimum Gasteiger partial charge on any atom is -0.508 e. The Morgan fingerprint density at radius 2 is 2.00 bits per heavy atom. The molecule has 2 nitrogen and oxygen atoms in total. The lowest BCUT2D eigenvalue weighted by Gasteiger charge is -2.16. The summed E-state index contributed by atoms with van der Waals surface area (Å²) in [5.41, 5.74) is 1.86. The molecule has 2 N–H and O–H groups in total. The van der Waals surface area contributed by atoms with E-state index in [1.54, 1.807) is 6.07 Å². The van der Waals surface area contributed by atoms with E-state index in [1.807, 2.05) is 31.2 Å². The maximum atomic E-state index is 13.1. The van der Waals surface area contributed by atoms with Crippen molar-refractivity contribution < 1.29 is 9.50 Å². The molecule has 0 aromatic heterocycles. The average Bonchev–Trinajstić information content (AvgIpc) is 2.35. The van der Waals surface area contributed by atoms with Crippen molar-refractivity contribution in [3.8, 4) is 5.75 Å². The van der Waals surface area contributed by atoms with Gasteiger partial charge < -0.3 is 10.4 Å². The second-order valence-electron chi connectivity index (χ2n) is 4.44. The molecule has 0 amide bonds. The SMILES string of the molecule is CC(NCc1cc(O)cc(F)c1)c1ccccc1Br. The number of benzene rings is 2. The molecular formula is C15H15BrFNO. The van der Waals surface area contributed by atoms with Crippen molar-refractivity contribution in [1.29, 1.82) is 0 Å². The van der Waals surface area contributed by atoms with Crippen LogP contribution in [-0.2, 0) is 6.54 Å². The van der Waals surface area contributed by atoms with E-state index in [9.17, 15) is 9.50 Å². The Bertz CT molecular complexity index is 554. The van der Waals surface area contributed by atoms with Crippen molar-refractivity contribution in [2.24, 2.45) is 0 Å². The molecule has 0 radical (unpaired) electrons. The third-order valence-electron chi connectivity index (χ3n) is 2.93. The van der Waals surface area contributed by atoms with Gasteiger partial charge in [0.1, 0.15) is 11.6 Å². The maximum absolute atomic E-state index is 13.1. The summed E-state index contributed by atoms with van der Waals surface area (Å²) in [4.78, 5) is 0. The van der Waals surface area contributed by atoms with E-state index in [2.05, 4.69) is 21.2 Å². The zero-order chi connectivity index (χ0) is 13.8. The van der Waals surface area contributed by atoms with Gasteiger partial charge in [-0.1, -0.05) is 34.1 Å². The highest BCUT2D eigenvalue weighted by atomic mass is 79.9. The van der Waals surface area contributed by atoms with Gasteiger partial charge in [-0.2, -0.15) is 0 Å². The molecule has 2 rings (SSSR count). The number of rotatable bonds is 4. The van der Waals surface area contributed by atoms with Gasteiger partial charge in [0.2, 0.25) is 0 Å². The molecule has 4 heteroatoms. The molecule has 1 atom stereocenters. The van der Waals surface area contributed by atoms with Gasteiger partial charge in [0.25, 0.3) is 0 Å². The van der Waals surface area contributed by atoms with Crippen LogP contribution < -0.4 is 5.32 Å². The number of nitrogens with one attached hydrogen (secondary N) is 1. The van der Waals surface area contributed by atoms with Crippen molar-refractivity contribution >= 4 is 15.9 Å². The molecule has 0 spiro atoms. The standard InChI is InChI=1S/C15H15BrFNO/c1-10(14-4-2-3-5-15(14)16)18-9-11-6-12(17)8-13(19)7-11/h2-8,10,18-19H,9H2,1H3. The second-order valence-corrected chi connectivity index (χ2v) is 5.30. The first-order valence-electron chi connectivity index (χ1n) is 6.02. The molecule has 0 bridgehead atoms. The van der Waals surface area contributed by atoms with E-state index in [4.69, 9.17) is 0 Å². The van der Waals surface area contributed by atoms with Crippen LogP contribution in [0.25, 0.3) is 0 Å². The molecule has 0 aliphatic carbocycles. The Kier molecular flexibility index (Phi) is 4.56. The number of aromatic hydroxyl groups is 1. The van der Waals surface area contributed by atoms with Gasteiger partial charge in [0.05, 0.1) is 0 Å². The van der Waals surface area contributed by atoms with Gasteiger partial charge in [-0.25, -0.2) is 4.39 Å². The minimum absolute atomic E-state index is 0.0506. The maximum Gasteiger partial charge on any atom is 0.127 e. The number of phenolic OH excluding ortho intramolecular Hbond substituents is 1. The molecular weight excluding hydrogens is 309 g/mol. The van der Waals surface area contributed by atoms with Crippen molar-refractivity contribution in [3.63, 3.8) is 0 Å². The van der Waals surface area contributed by atoms with Crippen LogP contribution in [0.1, 0.15) is 24.1 Å². The normalized spacial score (nSPS) is 12.4. The number of halogens is 2.